The van der Waals surface area contributed by atoms with Gasteiger partial charge in [-0.3, -0.25) is 4.98 Å². The number of alkyl halides is 2. The molecule has 1 aromatic heterocycles. The van der Waals surface area contributed by atoms with Crippen LogP contribution >= 0.6 is 0 Å². The number of nitrogens with zero attached hydrogens (tertiary/aromatic N) is 2. The van der Waals surface area contributed by atoms with E-state index in [4.69, 9.17) is 5.26 Å². The van der Waals surface area contributed by atoms with Gasteiger partial charge < -0.3 is 0 Å². The summed E-state index contributed by atoms with van der Waals surface area (Å²) in [6.07, 6.45) is -2.62. The summed E-state index contributed by atoms with van der Waals surface area (Å²) in [5.41, 5.74) is 0.680. The molecule has 0 aliphatic rings. The number of hydrogen-bond donors (Lipinski definition) is 0. The average molecular weight is 182 g/mol. The van der Waals surface area contributed by atoms with Crippen LogP contribution in [0.2, 0.25) is 0 Å². The number of nitriles is 1. The Bertz CT molecular complexity index is 367. The maximum Gasteiger partial charge on any atom is 0.280 e. The van der Waals surface area contributed by atoms with Crippen LogP contribution < -0.4 is 0 Å². The molecular formula is C9H8F2N2. The highest BCUT2D eigenvalue weighted by Gasteiger charge is 2.15. The quantitative estimate of drug-likeness (QED) is 0.669. The Morgan fingerprint density at radius 3 is 2.54 bits per heavy atom. The molecule has 0 aliphatic carbocycles. The lowest BCUT2D eigenvalue weighted by Gasteiger charge is -2.06. The summed E-state index contributed by atoms with van der Waals surface area (Å²) in [4.78, 5) is 3.68. The van der Waals surface area contributed by atoms with E-state index < -0.39 is 6.43 Å². The fourth-order valence-corrected chi connectivity index (χ4v) is 1.09. The van der Waals surface area contributed by atoms with Gasteiger partial charge in [-0.2, -0.15) is 5.26 Å². The maximum absolute atomic E-state index is 12.4. The number of aromatic nitrogens is 1. The Labute approximate surface area is 74.8 Å². The van der Waals surface area contributed by atoms with Gasteiger partial charge in [0.1, 0.15) is 5.69 Å². The summed E-state index contributed by atoms with van der Waals surface area (Å²) in [6.45, 7) is 3.07. The normalized spacial score (nSPS) is 10.2. The maximum atomic E-state index is 12.4. The molecule has 0 atom stereocenters. The van der Waals surface area contributed by atoms with Crippen molar-refractivity contribution in [2.45, 2.75) is 20.3 Å². The molecule has 0 aromatic carbocycles. The molecule has 1 aromatic rings. The molecule has 0 aliphatic heterocycles. The molecule has 68 valence electrons. The summed E-state index contributed by atoms with van der Waals surface area (Å²) in [5.74, 6) is 0. The first-order chi connectivity index (χ1) is 6.06. The predicted octanol–water partition coefficient (Wildman–Crippen LogP) is 2.51. The van der Waals surface area contributed by atoms with E-state index >= 15 is 0 Å². The molecule has 0 spiro atoms. The number of aryl methyl sites for hydroxylation is 1. The lowest BCUT2D eigenvalue weighted by Crippen LogP contribution is -1.99. The molecule has 1 rings (SSSR count). The summed E-state index contributed by atoms with van der Waals surface area (Å²) >= 11 is 0. The van der Waals surface area contributed by atoms with Crippen molar-refractivity contribution in [3.8, 4) is 6.07 Å². The van der Waals surface area contributed by atoms with E-state index in [0.717, 1.165) is 0 Å². The van der Waals surface area contributed by atoms with Crippen molar-refractivity contribution < 1.29 is 8.78 Å². The van der Waals surface area contributed by atoms with E-state index in [1.54, 1.807) is 6.92 Å². The zero-order chi connectivity index (χ0) is 10.0. The van der Waals surface area contributed by atoms with Gasteiger partial charge in [0.2, 0.25) is 0 Å². The summed E-state index contributed by atoms with van der Waals surface area (Å²) in [7, 11) is 0. The van der Waals surface area contributed by atoms with Crippen LogP contribution in [-0.4, -0.2) is 4.98 Å². The highest BCUT2D eigenvalue weighted by Crippen LogP contribution is 2.22. The van der Waals surface area contributed by atoms with Gasteiger partial charge in [-0.05, 0) is 25.5 Å². The van der Waals surface area contributed by atoms with Crippen molar-refractivity contribution in [3.05, 3.63) is 28.6 Å². The summed E-state index contributed by atoms with van der Waals surface area (Å²) < 4.78 is 24.7. The molecule has 0 saturated heterocycles. The Morgan fingerprint density at radius 1 is 1.46 bits per heavy atom. The van der Waals surface area contributed by atoms with E-state index in [9.17, 15) is 8.78 Å². The number of rotatable bonds is 1. The van der Waals surface area contributed by atoms with Crippen LogP contribution in [0.3, 0.4) is 0 Å². The smallest absolute Gasteiger partial charge is 0.252 e. The summed E-state index contributed by atoms with van der Waals surface area (Å²) in [5, 5.41) is 8.63. The first-order valence-corrected chi connectivity index (χ1v) is 3.72. The number of hydrogen-bond acceptors (Lipinski definition) is 2. The topological polar surface area (TPSA) is 36.7 Å². The molecule has 1 heterocycles. The third-order valence-electron chi connectivity index (χ3n) is 1.77. The standard InChI is InChI=1S/C9H8F2N2/c1-5-3-7(4-12)6(2)8(13-5)9(10)11/h3,9H,1-2H3. The van der Waals surface area contributed by atoms with Crippen LogP contribution in [0.4, 0.5) is 8.78 Å². The molecular weight excluding hydrogens is 174 g/mol. The predicted molar refractivity (Wildman–Crippen MR) is 43.4 cm³/mol. The van der Waals surface area contributed by atoms with Gasteiger partial charge in [0, 0.05) is 5.69 Å². The molecule has 0 fully saturated rings. The molecule has 2 nitrogen and oxygen atoms in total. The highest BCUT2D eigenvalue weighted by atomic mass is 19.3. The SMILES string of the molecule is Cc1cc(C#N)c(C)c(C(F)F)n1. The Balaban J connectivity index is 3.38. The first kappa shape index (κ1) is 9.59. The molecule has 0 bridgehead atoms. The first-order valence-electron chi connectivity index (χ1n) is 3.72. The van der Waals surface area contributed by atoms with Crippen molar-refractivity contribution in [3.63, 3.8) is 0 Å². The van der Waals surface area contributed by atoms with Crippen molar-refractivity contribution >= 4 is 0 Å². The minimum absolute atomic E-state index is 0.266. The zero-order valence-electron chi connectivity index (χ0n) is 7.31. The molecule has 0 amide bonds. The minimum Gasteiger partial charge on any atom is -0.252 e. The van der Waals surface area contributed by atoms with Gasteiger partial charge in [-0.25, -0.2) is 8.78 Å². The van der Waals surface area contributed by atoms with Gasteiger partial charge in [0.05, 0.1) is 11.6 Å². The third-order valence-corrected chi connectivity index (χ3v) is 1.77. The fourth-order valence-electron chi connectivity index (χ4n) is 1.09. The van der Waals surface area contributed by atoms with Crippen molar-refractivity contribution in [2.75, 3.05) is 0 Å². The van der Waals surface area contributed by atoms with Crippen molar-refractivity contribution in [1.29, 1.82) is 5.26 Å². The summed E-state index contributed by atoms with van der Waals surface area (Å²) in [6, 6.07) is 3.36. The van der Waals surface area contributed by atoms with Crippen LogP contribution in [0.15, 0.2) is 6.07 Å². The second-order valence-corrected chi connectivity index (χ2v) is 2.73. The van der Waals surface area contributed by atoms with Crippen molar-refractivity contribution in [1.82, 2.24) is 4.98 Å². The van der Waals surface area contributed by atoms with Crippen LogP contribution in [0.25, 0.3) is 0 Å². The van der Waals surface area contributed by atoms with Crippen molar-refractivity contribution in [2.24, 2.45) is 0 Å². The van der Waals surface area contributed by atoms with Gasteiger partial charge in [-0.1, -0.05) is 0 Å². The Kier molecular flexibility index (Phi) is 2.57. The van der Waals surface area contributed by atoms with Crippen LogP contribution in [0, 0.1) is 25.2 Å². The van der Waals surface area contributed by atoms with Crippen LogP contribution in [-0.2, 0) is 0 Å². The number of pyridine rings is 1. The highest BCUT2D eigenvalue weighted by molar-refractivity contribution is 5.40. The van der Waals surface area contributed by atoms with Gasteiger partial charge >= 0.3 is 0 Å². The van der Waals surface area contributed by atoms with E-state index in [0.29, 0.717) is 5.69 Å². The van der Waals surface area contributed by atoms with Gasteiger partial charge in [0.25, 0.3) is 6.43 Å². The molecule has 0 saturated carbocycles. The fraction of sp³-hybridized carbons (Fsp3) is 0.333. The average Bonchev–Trinajstić information content (AvgIpc) is 2.08. The van der Waals surface area contributed by atoms with Gasteiger partial charge in [-0.15, -0.1) is 0 Å². The van der Waals surface area contributed by atoms with Gasteiger partial charge in [0.15, 0.2) is 0 Å². The minimum atomic E-state index is -2.62. The van der Waals surface area contributed by atoms with E-state index in [2.05, 4.69) is 4.98 Å². The monoisotopic (exact) mass is 182 g/mol. The lowest BCUT2D eigenvalue weighted by molar-refractivity contribution is 0.145. The molecule has 13 heavy (non-hydrogen) atoms. The third kappa shape index (κ3) is 1.81. The second-order valence-electron chi connectivity index (χ2n) is 2.73. The number of halogens is 2. The van der Waals surface area contributed by atoms with Crippen LogP contribution in [0.1, 0.15) is 28.9 Å². The zero-order valence-corrected chi connectivity index (χ0v) is 7.31. The van der Waals surface area contributed by atoms with Crippen LogP contribution in [0.5, 0.6) is 0 Å². The Morgan fingerprint density at radius 2 is 2.08 bits per heavy atom. The molecule has 4 heteroatoms. The van der Waals surface area contributed by atoms with E-state index in [1.807, 2.05) is 6.07 Å². The van der Waals surface area contributed by atoms with E-state index in [1.165, 1.54) is 13.0 Å². The molecule has 0 N–H and O–H groups in total. The molecule has 0 radical (unpaired) electrons. The Hall–Kier alpha value is -1.50. The second kappa shape index (κ2) is 3.48. The lowest BCUT2D eigenvalue weighted by atomic mass is 10.1. The van der Waals surface area contributed by atoms with E-state index in [-0.39, 0.29) is 16.8 Å². The largest absolute Gasteiger partial charge is 0.280 e. The molecule has 0 unspecified atom stereocenters.